The Labute approximate surface area is 145 Å². The average molecular weight is 345 g/mol. The van der Waals surface area contributed by atoms with E-state index in [2.05, 4.69) is 10.2 Å². The summed E-state index contributed by atoms with van der Waals surface area (Å²) >= 11 is 0. The maximum atomic E-state index is 12.2. The van der Waals surface area contributed by atoms with Gasteiger partial charge in [-0.2, -0.15) is 0 Å². The molecular weight excluding hydrogens is 322 g/mol. The fourth-order valence-electron chi connectivity index (χ4n) is 2.49. The molecule has 1 aromatic heterocycles. The Morgan fingerprint density at radius 2 is 1.92 bits per heavy atom. The van der Waals surface area contributed by atoms with Crippen molar-refractivity contribution >= 4 is 28.3 Å². The first kappa shape index (κ1) is 18.7. The van der Waals surface area contributed by atoms with Gasteiger partial charge in [0, 0.05) is 36.8 Å². The van der Waals surface area contributed by atoms with Crippen LogP contribution in [0.2, 0.25) is 0 Å². The van der Waals surface area contributed by atoms with Crippen molar-refractivity contribution in [1.82, 2.24) is 5.32 Å². The summed E-state index contributed by atoms with van der Waals surface area (Å²) in [6.45, 7) is 7.07. The number of amides is 1. The number of hydrogen-bond donors (Lipinski definition) is 2. The number of nitrogens with zero attached hydrogens (tertiary/aromatic N) is 1. The smallest absolute Gasteiger partial charge is 0.349 e. The maximum absolute atomic E-state index is 12.2. The fraction of sp³-hybridized carbons (Fsp3) is 0.389. The van der Waals surface area contributed by atoms with Crippen molar-refractivity contribution < 1.29 is 14.0 Å². The van der Waals surface area contributed by atoms with Gasteiger partial charge in [0.15, 0.2) is 0 Å². The normalized spacial score (nSPS) is 12.0. The number of nitrogens with one attached hydrogen (secondary N) is 1. The minimum Gasteiger partial charge on any atom is -0.422 e. The summed E-state index contributed by atoms with van der Waals surface area (Å²) < 4.78 is 5.31. The largest absolute Gasteiger partial charge is 0.422 e. The molecule has 134 valence electrons. The number of carbonyl (C=O) groups excluding carboxylic acids is 2. The molecule has 2 aromatic rings. The summed E-state index contributed by atoms with van der Waals surface area (Å²) in [7, 11) is 0. The van der Waals surface area contributed by atoms with Gasteiger partial charge < -0.3 is 20.4 Å². The standard InChI is InChI=1S/C18H23N3O4/c1-4-21(5-2)13-7-6-12-8-14(18(24)25-16(12)9-13)17(23)20-10-15(19)11(3)22/h6-9,15H,4-5,10,19H2,1-3H3,(H,20,23)/t15-/m0/s1. The van der Waals surface area contributed by atoms with Crippen LogP contribution in [0.5, 0.6) is 0 Å². The van der Waals surface area contributed by atoms with Crippen molar-refractivity contribution in [3.63, 3.8) is 0 Å². The Balaban J connectivity index is 2.30. The molecule has 7 heteroatoms. The Morgan fingerprint density at radius 3 is 2.52 bits per heavy atom. The molecule has 0 radical (unpaired) electrons. The third kappa shape index (κ3) is 4.24. The van der Waals surface area contributed by atoms with Crippen LogP contribution >= 0.6 is 0 Å². The van der Waals surface area contributed by atoms with E-state index in [1.165, 1.54) is 13.0 Å². The van der Waals surface area contributed by atoms with E-state index in [1.54, 1.807) is 6.07 Å². The molecule has 0 bridgehead atoms. The van der Waals surface area contributed by atoms with Gasteiger partial charge in [0.25, 0.3) is 5.91 Å². The van der Waals surface area contributed by atoms with Gasteiger partial charge >= 0.3 is 5.63 Å². The molecule has 2 rings (SSSR count). The van der Waals surface area contributed by atoms with Crippen LogP contribution in [-0.2, 0) is 4.79 Å². The molecule has 1 aromatic carbocycles. The second-order valence-electron chi connectivity index (χ2n) is 5.77. The van der Waals surface area contributed by atoms with Gasteiger partial charge in [-0.3, -0.25) is 9.59 Å². The molecule has 0 aliphatic heterocycles. The highest BCUT2D eigenvalue weighted by atomic mass is 16.4. The number of nitrogens with two attached hydrogens (primary N) is 1. The molecule has 1 atom stereocenters. The molecule has 0 aliphatic rings. The third-order valence-electron chi connectivity index (χ3n) is 4.10. The summed E-state index contributed by atoms with van der Waals surface area (Å²) in [5, 5.41) is 3.13. The first-order valence-electron chi connectivity index (χ1n) is 8.24. The number of benzene rings is 1. The Bertz CT molecular complexity index is 840. The Hall–Kier alpha value is -2.67. The lowest BCUT2D eigenvalue weighted by atomic mass is 10.1. The molecule has 0 spiro atoms. The SMILES string of the molecule is CCN(CC)c1ccc2cc(C(=O)NC[C@H](N)C(C)=O)c(=O)oc2c1. The van der Waals surface area contributed by atoms with Gasteiger partial charge in [-0.25, -0.2) is 4.79 Å². The zero-order valence-corrected chi connectivity index (χ0v) is 14.7. The summed E-state index contributed by atoms with van der Waals surface area (Å²) in [5.41, 5.74) is 6.11. The van der Waals surface area contributed by atoms with E-state index in [0.717, 1.165) is 18.8 Å². The molecule has 0 aliphatic carbocycles. The summed E-state index contributed by atoms with van der Waals surface area (Å²) in [5.74, 6) is -0.852. The van der Waals surface area contributed by atoms with E-state index in [9.17, 15) is 14.4 Å². The number of fused-ring (bicyclic) bond motifs is 1. The van der Waals surface area contributed by atoms with Crippen molar-refractivity contribution in [3.8, 4) is 0 Å². The molecular formula is C18H23N3O4. The van der Waals surface area contributed by atoms with Crippen molar-refractivity contribution in [2.45, 2.75) is 26.8 Å². The zero-order chi connectivity index (χ0) is 18.6. The lowest BCUT2D eigenvalue weighted by Crippen LogP contribution is -2.42. The van der Waals surface area contributed by atoms with Gasteiger partial charge in [0.2, 0.25) is 0 Å². The van der Waals surface area contributed by atoms with E-state index in [4.69, 9.17) is 10.2 Å². The molecule has 1 heterocycles. The van der Waals surface area contributed by atoms with Crippen LogP contribution in [0.4, 0.5) is 5.69 Å². The first-order valence-corrected chi connectivity index (χ1v) is 8.24. The molecule has 25 heavy (non-hydrogen) atoms. The highest BCUT2D eigenvalue weighted by Gasteiger charge is 2.16. The predicted octanol–water partition coefficient (Wildman–Crippen LogP) is 1.29. The monoisotopic (exact) mass is 345 g/mol. The van der Waals surface area contributed by atoms with E-state index < -0.39 is 17.6 Å². The van der Waals surface area contributed by atoms with Crippen LogP contribution in [0.3, 0.4) is 0 Å². The molecule has 0 saturated heterocycles. The highest BCUT2D eigenvalue weighted by molar-refractivity contribution is 5.97. The number of Topliss-reactive ketones (excluding diaryl/α,β-unsaturated/α-hetero) is 1. The molecule has 0 saturated carbocycles. The van der Waals surface area contributed by atoms with Crippen LogP contribution in [0.1, 0.15) is 31.1 Å². The van der Waals surface area contributed by atoms with Gasteiger partial charge in [0.1, 0.15) is 16.9 Å². The van der Waals surface area contributed by atoms with Crippen molar-refractivity contribution in [2.75, 3.05) is 24.5 Å². The predicted molar refractivity (Wildman–Crippen MR) is 97.0 cm³/mol. The van der Waals surface area contributed by atoms with Crippen molar-refractivity contribution in [1.29, 1.82) is 0 Å². The molecule has 0 unspecified atom stereocenters. The molecule has 0 fully saturated rings. The molecule has 1 amide bonds. The minimum absolute atomic E-state index is 0.0352. The molecule has 7 nitrogen and oxygen atoms in total. The second-order valence-corrected chi connectivity index (χ2v) is 5.77. The second kappa shape index (κ2) is 7.94. The van der Waals surface area contributed by atoms with Gasteiger partial charge in [-0.1, -0.05) is 0 Å². The van der Waals surface area contributed by atoms with E-state index in [1.807, 2.05) is 26.0 Å². The Morgan fingerprint density at radius 1 is 1.24 bits per heavy atom. The van der Waals surface area contributed by atoms with Gasteiger partial charge in [0.05, 0.1) is 6.04 Å². The summed E-state index contributed by atoms with van der Waals surface area (Å²) in [4.78, 5) is 37.5. The molecule has 3 N–H and O–H groups in total. The van der Waals surface area contributed by atoms with Crippen LogP contribution in [0, 0.1) is 0 Å². The maximum Gasteiger partial charge on any atom is 0.349 e. The number of anilines is 1. The topological polar surface area (TPSA) is 106 Å². The number of ketones is 1. The minimum atomic E-state index is -0.798. The Kier molecular flexibility index (Phi) is 5.93. The third-order valence-corrected chi connectivity index (χ3v) is 4.10. The van der Waals surface area contributed by atoms with E-state index in [-0.39, 0.29) is 17.9 Å². The fourth-order valence-corrected chi connectivity index (χ4v) is 2.49. The van der Waals surface area contributed by atoms with Crippen molar-refractivity contribution in [3.05, 3.63) is 40.2 Å². The number of hydrogen-bond acceptors (Lipinski definition) is 6. The van der Waals surface area contributed by atoms with Crippen LogP contribution in [-0.4, -0.2) is 37.4 Å². The van der Waals surface area contributed by atoms with Gasteiger partial charge in [-0.05, 0) is 39.0 Å². The highest BCUT2D eigenvalue weighted by Crippen LogP contribution is 2.21. The summed E-state index contributed by atoms with van der Waals surface area (Å²) in [6.07, 6.45) is 0. The van der Waals surface area contributed by atoms with Crippen LogP contribution < -0.4 is 21.6 Å². The van der Waals surface area contributed by atoms with Crippen LogP contribution in [0.15, 0.2) is 33.5 Å². The number of rotatable bonds is 7. The van der Waals surface area contributed by atoms with Crippen LogP contribution in [0.25, 0.3) is 11.0 Å². The lowest BCUT2D eigenvalue weighted by molar-refractivity contribution is -0.118. The first-order chi connectivity index (χ1) is 11.9. The van der Waals surface area contributed by atoms with Gasteiger partial charge in [-0.15, -0.1) is 0 Å². The number of carbonyl (C=O) groups is 2. The zero-order valence-electron chi connectivity index (χ0n) is 14.7. The van der Waals surface area contributed by atoms with E-state index >= 15 is 0 Å². The lowest BCUT2D eigenvalue weighted by Gasteiger charge is -2.21. The summed E-state index contributed by atoms with van der Waals surface area (Å²) in [6, 6.07) is 6.21. The van der Waals surface area contributed by atoms with E-state index in [0.29, 0.717) is 11.0 Å². The van der Waals surface area contributed by atoms with Crippen molar-refractivity contribution in [2.24, 2.45) is 5.73 Å². The quantitative estimate of drug-likeness (QED) is 0.733. The average Bonchev–Trinajstić information content (AvgIpc) is 2.59.